The molecule has 0 unspecified atom stereocenters. The maximum atomic E-state index is 12.0. The summed E-state index contributed by atoms with van der Waals surface area (Å²) >= 11 is 0. The van der Waals surface area contributed by atoms with Crippen molar-refractivity contribution in [1.82, 2.24) is 0 Å². The monoisotopic (exact) mass is 349 g/mol. The lowest BCUT2D eigenvalue weighted by Gasteiger charge is -2.07. The number of benzene rings is 1. The number of rotatable bonds is 5. The van der Waals surface area contributed by atoms with Crippen LogP contribution in [0.1, 0.15) is 30.4 Å². The molecule has 0 aliphatic carbocycles. The maximum Gasteiger partial charge on any atom is 0.182 e. The third-order valence-electron chi connectivity index (χ3n) is 3.38. The third-order valence-corrected chi connectivity index (χ3v) is 4.52. The molecule has 5 nitrogen and oxygen atoms in total. The molecule has 1 aliphatic heterocycles. The summed E-state index contributed by atoms with van der Waals surface area (Å²) in [5, 5.41) is 3.95. The van der Waals surface area contributed by atoms with Gasteiger partial charge in [-0.05, 0) is 17.7 Å². The van der Waals surface area contributed by atoms with Crippen LogP contribution in [0.3, 0.4) is 0 Å². The first-order valence-corrected chi connectivity index (χ1v) is 9.15. The zero-order valence-corrected chi connectivity index (χ0v) is 13.9. The highest BCUT2D eigenvalue weighted by molar-refractivity contribution is 7.94. The number of carbonyl (C=O) groups excluding carboxylic acids is 1. The second-order valence-corrected chi connectivity index (χ2v) is 7.33. The number of hydrogen-bond acceptors (Lipinski definition) is 5. The quantitative estimate of drug-likeness (QED) is 0.602. The number of hydrogen-bond donors (Lipinski definition) is 0. The summed E-state index contributed by atoms with van der Waals surface area (Å²) in [7, 11) is -3.58. The molecule has 0 saturated carbocycles. The summed E-state index contributed by atoms with van der Waals surface area (Å²) < 4.78 is 34.8. The second kappa shape index (κ2) is 7.91. The minimum Gasteiger partial charge on any atom is -0.391 e. The van der Waals surface area contributed by atoms with Crippen molar-refractivity contribution in [2.75, 3.05) is 12.9 Å². The molecule has 1 aromatic rings. The van der Waals surface area contributed by atoms with Gasteiger partial charge in [0.2, 0.25) is 0 Å². The zero-order valence-electron chi connectivity index (χ0n) is 13.1. The van der Waals surface area contributed by atoms with Gasteiger partial charge >= 0.3 is 0 Å². The van der Waals surface area contributed by atoms with Crippen molar-refractivity contribution >= 4 is 21.5 Å². The van der Waals surface area contributed by atoms with E-state index < -0.39 is 22.6 Å². The van der Waals surface area contributed by atoms with Gasteiger partial charge in [0.25, 0.3) is 0 Å². The standard InChI is InChI=1S/C17H16FNO4S/c1-24(21,22)16(12-20)10-15-11-17(19-23-15)14-7-5-13(6-8-14)4-2-3-9-18/h5-8,15H,3,9-11H2,1H3/t15-/m0/s1. The van der Waals surface area contributed by atoms with Gasteiger partial charge in [-0.2, -0.15) is 0 Å². The first-order chi connectivity index (χ1) is 11.4. The van der Waals surface area contributed by atoms with Gasteiger partial charge in [0.15, 0.2) is 9.84 Å². The van der Waals surface area contributed by atoms with E-state index >= 15 is 0 Å². The molecule has 1 aromatic carbocycles. The topological polar surface area (TPSA) is 72.8 Å². The largest absolute Gasteiger partial charge is 0.391 e. The van der Waals surface area contributed by atoms with Crippen molar-refractivity contribution in [2.45, 2.75) is 25.4 Å². The van der Waals surface area contributed by atoms with E-state index in [9.17, 15) is 17.6 Å². The van der Waals surface area contributed by atoms with Crippen molar-refractivity contribution in [3.8, 4) is 11.8 Å². The van der Waals surface area contributed by atoms with Crippen molar-refractivity contribution in [3.63, 3.8) is 0 Å². The number of nitrogens with zero attached hydrogens (tertiary/aromatic N) is 1. The van der Waals surface area contributed by atoms with Gasteiger partial charge in [0.1, 0.15) is 23.6 Å². The summed E-state index contributed by atoms with van der Waals surface area (Å²) in [6.07, 6.45) is 1.01. The highest BCUT2D eigenvalue weighted by atomic mass is 32.2. The molecule has 126 valence electrons. The van der Waals surface area contributed by atoms with Crippen molar-refractivity contribution < 1.29 is 22.4 Å². The molecule has 0 saturated heterocycles. The highest BCUT2D eigenvalue weighted by Crippen LogP contribution is 2.23. The Bertz CT molecular complexity index is 841. The normalized spacial score (nSPS) is 16.4. The lowest BCUT2D eigenvalue weighted by molar-refractivity contribution is 0.0872. The average Bonchev–Trinajstić information content (AvgIpc) is 3.01. The van der Waals surface area contributed by atoms with Gasteiger partial charge in [0, 0.05) is 31.1 Å². The van der Waals surface area contributed by atoms with E-state index in [1.54, 1.807) is 12.1 Å². The smallest absolute Gasteiger partial charge is 0.182 e. The predicted octanol–water partition coefficient (Wildman–Crippen LogP) is 2.04. The molecule has 0 fully saturated rings. The SMILES string of the molecule is CS(=O)(=O)C(=C=O)C[C@H]1CC(c2ccc(C#CCCF)cc2)=NO1. The van der Waals surface area contributed by atoms with E-state index in [1.807, 2.05) is 12.1 Å². The van der Waals surface area contributed by atoms with E-state index in [4.69, 9.17) is 4.84 Å². The Morgan fingerprint density at radius 1 is 1.38 bits per heavy atom. The Balaban J connectivity index is 2.01. The maximum absolute atomic E-state index is 12.0. The van der Waals surface area contributed by atoms with Crippen molar-refractivity contribution in [1.29, 1.82) is 0 Å². The average molecular weight is 349 g/mol. The molecule has 0 spiro atoms. The molecule has 24 heavy (non-hydrogen) atoms. The lowest BCUT2D eigenvalue weighted by Crippen LogP contribution is -2.14. The van der Waals surface area contributed by atoms with Crippen LogP contribution in [0.5, 0.6) is 0 Å². The summed E-state index contributed by atoms with van der Waals surface area (Å²) in [5.74, 6) is 7.02. The Hall–Kier alpha value is -2.42. The molecule has 1 heterocycles. The lowest BCUT2D eigenvalue weighted by atomic mass is 10.0. The Morgan fingerprint density at radius 2 is 2.08 bits per heavy atom. The fourth-order valence-electron chi connectivity index (χ4n) is 2.14. The molecule has 0 aromatic heterocycles. The van der Waals surface area contributed by atoms with Gasteiger partial charge in [-0.15, -0.1) is 0 Å². The molecule has 0 radical (unpaired) electrons. The van der Waals surface area contributed by atoms with Crippen molar-refractivity contribution in [2.24, 2.45) is 5.16 Å². The van der Waals surface area contributed by atoms with Gasteiger partial charge in [0.05, 0.1) is 5.71 Å². The Labute approximate surface area is 140 Å². The highest BCUT2D eigenvalue weighted by Gasteiger charge is 2.27. The van der Waals surface area contributed by atoms with Crippen LogP contribution in [-0.4, -0.2) is 39.1 Å². The molecule has 1 aliphatic rings. The van der Waals surface area contributed by atoms with Crippen LogP contribution in [0.15, 0.2) is 34.3 Å². The summed E-state index contributed by atoms with van der Waals surface area (Å²) in [6.45, 7) is -0.467. The zero-order chi connectivity index (χ0) is 17.6. The van der Waals surface area contributed by atoms with Crippen LogP contribution in [0.25, 0.3) is 0 Å². The first kappa shape index (κ1) is 17.9. The number of halogens is 1. The molecule has 0 N–H and O–H groups in total. The van der Waals surface area contributed by atoms with Crippen LogP contribution in [0.4, 0.5) is 4.39 Å². The van der Waals surface area contributed by atoms with E-state index in [1.165, 1.54) is 5.94 Å². The molecule has 2 rings (SSSR count). The molecule has 7 heteroatoms. The molecule has 1 atom stereocenters. The van der Waals surface area contributed by atoms with Gasteiger partial charge in [-0.25, -0.2) is 13.2 Å². The second-order valence-electron chi connectivity index (χ2n) is 5.29. The van der Waals surface area contributed by atoms with Crippen LogP contribution >= 0.6 is 0 Å². The summed E-state index contributed by atoms with van der Waals surface area (Å²) in [4.78, 5) is 15.7. The fourth-order valence-corrected chi connectivity index (χ4v) is 2.78. The number of alkyl halides is 1. The van der Waals surface area contributed by atoms with Gasteiger partial charge < -0.3 is 4.84 Å². The predicted molar refractivity (Wildman–Crippen MR) is 88.6 cm³/mol. The van der Waals surface area contributed by atoms with E-state index in [0.717, 1.165) is 17.4 Å². The van der Waals surface area contributed by atoms with Gasteiger partial charge in [-0.1, -0.05) is 29.1 Å². The van der Waals surface area contributed by atoms with Crippen molar-refractivity contribution in [3.05, 3.63) is 40.3 Å². The van der Waals surface area contributed by atoms with Crippen LogP contribution in [-0.2, 0) is 19.5 Å². The van der Waals surface area contributed by atoms with Crippen LogP contribution in [0, 0.1) is 11.8 Å². The minimum absolute atomic E-state index is 0.0534. The van der Waals surface area contributed by atoms with Crippen LogP contribution < -0.4 is 0 Å². The third kappa shape index (κ3) is 4.79. The molecule has 0 amide bonds. The fraction of sp³-hybridized carbons (Fsp3) is 0.353. The summed E-state index contributed by atoms with van der Waals surface area (Å²) in [6, 6.07) is 7.22. The van der Waals surface area contributed by atoms with Crippen LogP contribution in [0.2, 0.25) is 0 Å². The molecule has 0 bridgehead atoms. The molecular formula is C17H16FNO4S. The number of oxime groups is 1. The molecular weight excluding hydrogens is 333 g/mol. The van der Waals surface area contributed by atoms with E-state index in [-0.39, 0.29) is 17.7 Å². The van der Waals surface area contributed by atoms with E-state index in [0.29, 0.717) is 12.1 Å². The van der Waals surface area contributed by atoms with E-state index in [2.05, 4.69) is 17.0 Å². The van der Waals surface area contributed by atoms with Gasteiger partial charge in [-0.3, -0.25) is 4.39 Å². The summed E-state index contributed by atoms with van der Waals surface area (Å²) in [5.41, 5.74) is 2.26. The Morgan fingerprint density at radius 3 is 2.67 bits per heavy atom. The minimum atomic E-state index is -3.58. The Kier molecular flexibility index (Phi) is 5.91. The first-order valence-electron chi connectivity index (χ1n) is 7.26. The number of sulfone groups is 1.